The van der Waals surface area contributed by atoms with Crippen LogP contribution in [0.25, 0.3) is 21.9 Å². The fraction of sp³-hybridized carbons (Fsp3) is 0.188. The monoisotopic (exact) mass is 536 g/mol. The van der Waals surface area contributed by atoms with Crippen LogP contribution in [0.4, 0.5) is 0 Å². The van der Waals surface area contributed by atoms with Gasteiger partial charge in [0.15, 0.2) is 0 Å². The second-order valence-electron chi connectivity index (χ2n) is 9.71. The van der Waals surface area contributed by atoms with Crippen LogP contribution < -0.4 is 10.1 Å². The third-order valence-corrected chi connectivity index (χ3v) is 6.36. The van der Waals surface area contributed by atoms with Crippen LogP contribution in [0.5, 0.6) is 5.75 Å². The molecule has 0 aliphatic rings. The minimum absolute atomic E-state index is 0.137. The van der Waals surface area contributed by atoms with Gasteiger partial charge in [0.2, 0.25) is 5.76 Å². The third kappa shape index (κ3) is 5.85. The van der Waals surface area contributed by atoms with Crippen molar-refractivity contribution in [2.75, 3.05) is 6.61 Å². The number of rotatable bonds is 8. The number of hydrogen-bond acceptors (Lipinski definition) is 5. The van der Waals surface area contributed by atoms with Crippen LogP contribution in [0.2, 0.25) is 0 Å². The van der Waals surface area contributed by atoms with Gasteiger partial charge in [-0.05, 0) is 74.4 Å². The van der Waals surface area contributed by atoms with E-state index in [4.69, 9.17) is 14.3 Å². The Hall–Kier alpha value is -5.00. The highest BCUT2D eigenvalue weighted by atomic mass is 16.5. The summed E-state index contributed by atoms with van der Waals surface area (Å²) in [6.07, 6.45) is 2.19. The lowest BCUT2D eigenvalue weighted by Gasteiger charge is -2.19. The molecule has 202 valence electrons. The number of furan rings is 1. The summed E-state index contributed by atoms with van der Waals surface area (Å²) in [6, 6.07) is 19.1. The van der Waals surface area contributed by atoms with E-state index in [0.717, 1.165) is 16.5 Å². The minimum atomic E-state index is -1.14. The molecule has 0 radical (unpaired) electrons. The Morgan fingerprint density at radius 2 is 1.77 bits per heavy atom. The van der Waals surface area contributed by atoms with Gasteiger partial charge in [-0.1, -0.05) is 30.0 Å². The van der Waals surface area contributed by atoms with Gasteiger partial charge in [0.1, 0.15) is 11.3 Å². The summed E-state index contributed by atoms with van der Waals surface area (Å²) >= 11 is 0. The molecule has 0 aliphatic heterocycles. The van der Waals surface area contributed by atoms with Crippen molar-refractivity contribution in [3.63, 3.8) is 0 Å². The number of nitrogens with one attached hydrogen (secondary N) is 2. The van der Waals surface area contributed by atoms with Crippen LogP contribution in [0.3, 0.4) is 0 Å². The van der Waals surface area contributed by atoms with Gasteiger partial charge in [-0.3, -0.25) is 4.79 Å². The van der Waals surface area contributed by atoms with Crippen LogP contribution in [0.15, 0.2) is 77.3 Å². The first-order valence-corrected chi connectivity index (χ1v) is 12.9. The van der Waals surface area contributed by atoms with Gasteiger partial charge in [0.25, 0.3) is 5.91 Å². The molecule has 2 heterocycles. The van der Waals surface area contributed by atoms with Crippen molar-refractivity contribution < 1.29 is 29.0 Å². The first-order valence-electron chi connectivity index (χ1n) is 12.9. The number of amides is 1. The Kier molecular flexibility index (Phi) is 7.58. The van der Waals surface area contributed by atoms with E-state index in [1.54, 1.807) is 36.4 Å². The summed E-state index contributed by atoms with van der Waals surface area (Å²) in [5, 5.41) is 23.8. The number of fused-ring (bicyclic) bond motifs is 2. The average molecular weight is 537 g/mol. The minimum Gasteiger partial charge on any atom is -0.490 e. The van der Waals surface area contributed by atoms with Gasteiger partial charge in [0, 0.05) is 33.6 Å². The number of aliphatic hydroxyl groups excluding tert-OH is 1. The number of carbonyl (C=O) groups is 2. The second kappa shape index (κ2) is 11.4. The van der Waals surface area contributed by atoms with Crippen molar-refractivity contribution in [2.24, 2.45) is 0 Å². The molecular formula is C32H28N2O6. The van der Waals surface area contributed by atoms with E-state index < -0.39 is 12.0 Å². The first-order chi connectivity index (χ1) is 19.3. The zero-order valence-corrected chi connectivity index (χ0v) is 22.0. The van der Waals surface area contributed by atoms with Crippen molar-refractivity contribution in [1.82, 2.24) is 10.3 Å². The topological polar surface area (TPSA) is 125 Å². The lowest BCUT2D eigenvalue weighted by atomic mass is 10.0. The van der Waals surface area contributed by atoms with Crippen LogP contribution in [0.1, 0.15) is 51.5 Å². The first kappa shape index (κ1) is 26.6. The van der Waals surface area contributed by atoms with Crippen molar-refractivity contribution >= 4 is 33.7 Å². The number of aromatic nitrogens is 1. The quantitative estimate of drug-likeness (QED) is 0.204. The number of carboxylic acids is 1. The number of hydrogen-bond donors (Lipinski definition) is 4. The fourth-order valence-electron chi connectivity index (χ4n) is 4.50. The Labute approximate surface area is 230 Å². The molecule has 5 rings (SSSR count). The molecule has 0 unspecified atom stereocenters. The van der Waals surface area contributed by atoms with Gasteiger partial charge >= 0.3 is 5.97 Å². The number of aromatic amines is 1. The molecule has 0 aliphatic carbocycles. The average Bonchev–Trinajstić information content (AvgIpc) is 3.56. The van der Waals surface area contributed by atoms with E-state index in [1.165, 1.54) is 6.07 Å². The summed E-state index contributed by atoms with van der Waals surface area (Å²) < 4.78 is 11.2. The van der Waals surface area contributed by atoms with E-state index >= 15 is 0 Å². The Morgan fingerprint density at radius 3 is 2.52 bits per heavy atom. The zero-order chi connectivity index (χ0) is 28.2. The van der Waals surface area contributed by atoms with Gasteiger partial charge in [-0.15, -0.1) is 0 Å². The summed E-state index contributed by atoms with van der Waals surface area (Å²) in [6.45, 7) is 3.53. The smallest absolute Gasteiger partial charge is 0.371 e. The highest BCUT2D eigenvalue weighted by Gasteiger charge is 2.20. The Morgan fingerprint density at radius 1 is 1.02 bits per heavy atom. The Balaban J connectivity index is 1.39. The SMILES string of the molecule is CC(C)Oc1ccc(C#Cc2ccc3oc(C(=O)O)cc3c2)cc1C(=O)N[C@@H](CO)Cc1c[nH]c2ccccc12. The summed E-state index contributed by atoms with van der Waals surface area (Å²) in [7, 11) is 0. The molecule has 0 bridgehead atoms. The van der Waals surface area contributed by atoms with Crippen LogP contribution in [0, 0.1) is 11.8 Å². The zero-order valence-electron chi connectivity index (χ0n) is 22.0. The highest BCUT2D eigenvalue weighted by molar-refractivity contribution is 5.97. The number of H-pyrrole nitrogens is 1. The third-order valence-electron chi connectivity index (χ3n) is 6.36. The lowest BCUT2D eigenvalue weighted by molar-refractivity contribution is 0.0664. The van der Waals surface area contributed by atoms with Crippen molar-refractivity contribution in [3.8, 4) is 17.6 Å². The van der Waals surface area contributed by atoms with E-state index in [1.807, 2.05) is 44.3 Å². The van der Waals surface area contributed by atoms with E-state index in [-0.39, 0.29) is 24.4 Å². The molecule has 8 heteroatoms. The molecule has 1 atom stereocenters. The molecule has 2 aromatic heterocycles. The number of ether oxygens (including phenoxy) is 1. The van der Waals surface area contributed by atoms with Gasteiger partial charge < -0.3 is 29.7 Å². The number of benzene rings is 3. The second-order valence-corrected chi connectivity index (χ2v) is 9.71. The van der Waals surface area contributed by atoms with E-state index in [0.29, 0.717) is 39.8 Å². The molecule has 8 nitrogen and oxygen atoms in total. The van der Waals surface area contributed by atoms with Gasteiger partial charge in [-0.2, -0.15) is 0 Å². The van der Waals surface area contributed by atoms with Crippen LogP contribution in [-0.4, -0.2) is 45.8 Å². The molecule has 4 N–H and O–H groups in total. The predicted molar refractivity (Wildman–Crippen MR) is 152 cm³/mol. The number of aliphatic hydroxyl groups is 1. The molecule has 0 spiro atoms. The molecule has 5 aromatic rings. The van der Waals surface area contributed by atoms with Crippen molar-refractivity contribution in [3.05, 3.63) is 101 Å². The lowest BCUT2D eigenvalue weighted by Crippen LogP contribution is -2.39. The summed E-state index contributed by atoms with van der Waals surface area (Å²) in [5.74, 6) is 4.90. The largest absolute Gasteiger partial charge is 0.490 e. The van der Waals surface area contributed by atoms with Crippen LogP contribution in [-0.2, 0) is 6.42 Å². The van der Waals surface area contributed by atoms with Gasteiger partial charge in [0.05, 0.1) is 24.3 Å². The van der Waals surface area contributed by atoms with Gasteiger partial charge in [-0.25, -0.2) is 4.79 Å². The van der Waals surface area contributed by atoms with Crippen molar-refractivity contribution in [2.45, 2.75) is 32.4 Å². The Bertz CT molecular complexity index is 1770. The number of carboxylic acid groups (broad SMARTS) is 1. The molecule has 1 amide bonds. The summed E-state index contributed by atoms with van der Waals surface area (Å²) in [4.78, 5) is 27.8. The number of para-hydroxylation sites is 1. The maximum atomic E-state index is 13.4. The summed E-state index contributed by atoms with van der Waals surface area (Å²) in [5.41, 5.74) is 4.03. The molecule has 0 fully saturated rings. The number of carbonyl (C=O) groups excluding carboxylic acids is 1. The standard InChI is InChI=1S/C32H28N2O6/c1-19(2)39-29-12-10-21(8-7-20-9-11-28-22(13-20)16-30(40-28)32(37)38)14-26(29)31(36)34-24(18-35)15-23-17-33-27-6-4-3-5-25(23)27/h3-6,9-14,16-17,19,24,33,35H,15,18H2,1-2H3,(H,34,36)(H,37,38)/t24-/m1/s1. The van der Waals surface area contributed by atoms with E-state index in [9.17, 15) is 14.7 Å². The molecule has 0 saturated carbocycles. The molecule has 0 saturated heterocycles. The molecule has 40 heavy (non-hydrogen) atoms. The normalized spacial score (nSPS) is 11.8. The number of aromatic carboxylic acids is 1. The highest BCUT2D eigenvalue weighted by Crippen LogP contribution is 2.24. The van der Waals surface area contributed by atoms with Crippen LogP contribution >= 0.6 is 0 Å². The maximum absolute atomic E-state index is 13.4. The fourth-order valence-corrected chi connectivity index (χ4v) is 4.50. The van der Waals surface area contributed by atoms with E-state index in [2.05, 4.69) is 22.1 Å². The predicted octanol–water partition coefficient (Wildman–Crippen LogP) is 5.13. The maximum Gasteiger partial charge on any atom is 0.371 e. The molecular weight excluding hydrogens is 508 g/mol. The molecule has 3 aromatic carbocycles. The van der Waals surface area contributed by atoms with Crippen molar-refractivity contribution in [1.29, 1.82) is 0 Å².